The Labute approximate surface area is 106 Å². The van der Waals surface area contributed by atoms with Crippen LogP contribution in [0.4, 0.5) is 0 Å². The Morgan fingerprint density at radius 1 is 1.53 bits per heavy atom. The van der Waals surface area contributed by atoms with Gasteiger partial charge in [-0.1, -0.05) is 0 Å². The molecule has 0 atom stereocenters. The van der Waals surface area contributed by atoms with Crippen molar-refractivity contribution in [3.05, 3.63) is 17.0 Å². The molecule has 0 aliphatic heterocycles. The molecule has 0 fully saturated rings. The van der Waals surface area contributed by atoms with Gasteiger partial charge in [-0.3, -0.25) is 0 Å². The van der Waals surface area contributed by atoms with Crippen LogP contribution in [0.1, 0.15) is 12.5 Å². The second-order valence-electron chi connectivity index (χ2n) is 3.46. The van der Waals surface area contributed by atoms with Gasteiger partial charge in [0.1, 0.15) is 4.21 Å². The van der Waals surface area contributed by atoms with Crippen molar-refractivity contribution >= 4 is 21.4 Å². The molecular formula is C10H17NO4S2. The van der Waals surface area contributed by atoms with Gasteiger partial charge in [-0.2, -0.15) is 4.31 Å². The van der Waals surface area contributed by atoms with Crippen LogP contribution < -0.4 is 0 Å². The molecule has 1 heterocycles. The first-order chi connectivity index (χ1) is 8.02. The first-order valence-electron chi connectivity index (χ1n) is 5.24. The van der Waals surface area contributed by atoms with Gasteiger partial charge in [0.2, 0.25) is 0 Å². The molecule has 0 bridgehead atoms. The number of thiophene rings is 1. The minimum absolute atomic E-state index is 0.144. The predicted octanol–water partition coefficient (Wildman–Crippen LogP) is 0.897. The fourth-order valence-corrected chi connectivity index (χ4v) is 3.75. The Morgan fingerprint density at radius 3 is 2.76 bits per heavy atom. The first-order valence-corrected chi connectivity index (χ1v) is 7.56. The molecule has 5 nitrogen and oxygen atoms in total. The van der Waals surface area contributed by atoms with E-state index in [2.05, 4.69) is 0 Å². The maximum absolute atomic E-state index is 12.1. The molecule has 0 radical (unpaired) electrons. The maximum atomic E-state index is 12.1. The minimum Gasteiger partial charge on any atom is -0.392 e. The summed E-state index contributed by atoms with van der Waals surface area (Å²) in [4.78, 5) is 0. The topological polar surface area (TPSA) is 66.8 Å². The van der Waals surface area contributed by atoms with Gasteiger partial charge in [-0.05, 0) is 23.9 Å². The van der Waals surface area contributed by atoms with Crippen LogP contribution in [-0.2, 0) is 21.4 Å². The molecule has 1 N–H and O–H groups in total. The third-order valence-electron chi connectivity index (χ3n) is 2.23. The summed E-state index contributed by atoms with van der Waals surface area (Å²) in [5.74, 6) is 0. The van der Waals surface area contributed by atoms with Crippen molar-refractivity contribution in [2.75, 3.05) is 26.8 Å². The zero-order chi connectivity index (χ0) is 12.9. The highest BCUT2D eigenvalue weighted by Gasteiger charge is 2.22. The Hall–Kier alpha value is -0.470. The summed E-state index contributed by atoms with van der Waals surface area (Å²) in [5.41, 5.74) is 0.617. The molecule has 0 amide bonds. The predicted molar refractivity (Wildman–Crippen MR) is 66.6 cm³/mol. The van der Waals surface area contributed by atoms with Gasteiger partial charge >= 0.3 is 0 Å². The molecule has 1 aromatic heterocycles. The molecular weight excluding hydrogens is 262 g/mol. The van der Waals surface area contributed by atoms with Crippen LogP contribution in [0.3, 0.4) is 0 Å². The second-order valence-corrected chi connectivity index (χ2v) is 6.64. The van der Waals surface area contributed by atoms with Gasteiger partial charge in [-0.15, -0.1) is 11.3 Å². The van der Waals surface area contributed by atoms with E-state index in [1.165, 1.54) is 17.4 Å². The maximum Gasteiger partial charge on any atom is 0.252 e. The van der Waals surface area contributed by atoms with Crippen LogP contribution in [0, 0.1) is 0 Å². The van der Waals surface area contributed by atoms with E-state index in [-0.39, 0.29) is 10.8 Å². The van der Waals surface area contributed by atoms with Crippen molar-refractivity contribution in [1.29, 1.82) is 0 Å². The lowest BCUT2D eigenvalue weighted by Gasteiger charge is -2.15. The van der Waals surface area contributed by atoms with Crippen molar-refractivity contribution in [1.82, 2.24) is 4.31 Å². The third kappa shape index (κ3) is 3.75. The summed E-state index contributed by atoms with van der Waals surface area (Å²) in [6.45, 7) is 2.99. The summed E-state index contributed by atoms with van der Waals surface area (Å²) in [6, 6.07) is 1.50. The molecule has 0 saturated heterocycles. The summed E-state index contributed by atoms with van der Waals surface area (Å²) in [5, 5.41) is 10.5. The first kappa shape index (κ1) is 14.6. The van der Waals surface area contributed by atoms with E-state index in [4.69, 9.17) is 9.84 Å². The number of sulfonamides is 1. The highest BCUT2D eigenvalue weighted by Crippen LogP contribution is 2.23. The number of ether oxygens (including phenoxy) is 1. The monoisotopic (exact) mass is 279 g/mol. The zero-order valence-corrected chi connectivity index (χ0v) is 11.6. The Balaban J connectivity index is 2.73. The highest BCUT2D eigenvalue weighted by atomic mass is 32.2. The average molecular weight is 279 g/mol. The quantitative estimate of drug-likeness (QED) is 0.753. The van der Waals surface area contributed by atoms with Crippen molar-refractivity contribution in [2.45, 2.75) is 17.7 Å². The van der Waals surface area contributed by atoms with Gasteiger partial charge in [0.25, 0.3) is 10.0 Å². The Kier molecular flexibility index (Phi) is 5.54. The fraction of sp³-hybridized carbons (Fsp3) is 0.600. The van der Waals surface area contributed by atoms with Crippen molar-refractivity contribution in [3.63, 3.8) is 0 Å². The van der Waals surface area contributed by atoms with E-state index in [1.54, 1.807) is 5.38 Å². The number of rotatable bonds is 7. The zero-order valence-electron chi connectivity index (χ0n) is 9.92. The van der Waals surface area contributed by atoms with Gasteiger partial charge in [0, 0.05) is 20.2 Å². The number of likely N-dealkylation sites (N-methyl/N-ethyl adjacent to an activating group) is 1. The summed E-state index contributed by atoms with van der Waals surface area (Å²) >= 11 is 1.12. The highest BCUT2D eigenvalue weighted by molar-refractivity contribution is 7.91. The number of hydrogen-bond donors (Lipinski definition) is 1. The molecule has 0 unspecified atom stereocenters. The average Bonchev–Trinajstić information content (AvgIpc) is 2.78. The molecule has 0 saturated carbocycles. The molecule has 0 spiro atoms. The standard InChI is InChI=1S/C10H17NO4S2/c1-3-15-5-4-11(2)17(13,14)10-6-9(7-12)8-16-10/h6,8,12H,3-5,7H2,1-2H3. The summed E-state index contributed by atoms with van der Waals surface area (Å²) in [6.07, 6.45) is 0. The van der Waals surface area contributed by atoms with Gasteiger partial charge in [-0.25, -0.2) is 8.42 Å². The Morgan fingerprint density at radius 2 is 2.24 bits per heavy atom. The van der Waals surface area contributed by atoms with Crippen molar-refractivity contribution < 1.29 is 18.3 Å². The van der Waals surface area contributed by atoms with E-state index in [9.17, 15) is 8.42 Å². The van der Waals surface area contributed by atoms with E-state index in [0.717, 1.165) is 11.3 Å². The second kappa shape index (κ2) is 6.46. The molecule has 0 aliphatic rings. The largest absolute Gasteiger partial charge is 0.392 e. The van der Waals surface area contributed by atoms with Gasteiger partial charge in [0.05, 0.1) is 13.2 Å². The SMILES string of the molecule is CCOCCN(C)S(=O)(=O)c1cc(CO)cs1. The van der Waals surface area contributed by atoms with Gasteiger partial charge < -0.3 is 9.84 Å². The molecule has 17 heavy (non-hydrogen) atoms. The van der Waals surface area contributed by atoms with E-state index >= 15 is 0 Å². The summed E-state index contributed by atoms with van der Waals surface area (Å²) in [7, 11) is -1.93. The van der Waals surface area contributed by atoms with Crippen LogP contribution in [0.15, 0.2) is 15.7 Å². The number of hydrogen-bond acceptors (Lipinski definition) is 5. The van der Waals surface area contributed by atoms with Crippen LogP contribution in [0.5, 0.6) is 0 Å². The fourth-order valence-electron chi connectivity index (χ4n) is 1.18. The van der Waals surface area contributed by atoms with Crippen LogP contribution in [-0.4, -0.2) is 44.6 Å². The van der Waals surface area contributed by atoms with E-state index in [0.29, 0.717) is 25.3 Å². The normalized spacial score (nSPS) is 12.2. The van der Waals surface area contributed by atoms with E-state index < -0.39 is 10.0 Å². The lowest BCUT2D eigenvalue weighted by Crippen LogP contribution is -2.29. The van der Waals surface area contributed by atoms with Gasteiger partial charge in [0.15, 0.2) is 0 Å². The third-order valence-corrected chi connectivity index (χ3v) is 5.55. The lowest BCUT2D eigenvalue weighted by atomic mass is 10.4. The van der Waals surface area contributed by atoms with Crippen molar-refractivity contribution in [2.24, 2.45) is 0 Å². The smallest absolute Gasteiger partial charge is 0.252 e. The molecule has 98 valence electrons. The minimum atomic E-state index is -3.45. The number of aliphatic hydroxyl groups is 1. The molecule has 0 aromatic carbocycles. The lowest BCUT2D eigenvalue weighted by molar-refractivity contribution is 0.138. The molecule has 1 aromatic rings. The molecule has 1 rings (SSSR count). The van der Waals surface area contributed by atoms with E-state index in [1.807, 2.05) is 6.92 Å². The number of aliphatic hydroxyl groups excluding tert-OH is 1. The summed E-state index contributed by atoms with van der Waals surface area (Å²) < 4.78 is 30.7. The van der Waals surface area contributed by atoms with Crippen LogP contribution >= 0.6 is 11.3 Å². The van der Waals surface area contributed by atoms with Crippen molar-refractivity contribution in [3.8, 4) is 0 Å². The molecule has 0 aliphatic carbocycles. The van der Waals surface area contributed by atoms with Crippen LogP contribution in [0.25, 0.3) is 0 Å². The molecule has 7 heteroatoms. The number of nitrogens with zero attached hydrogens (tertiary/aromatic N) is 1. The van der Waals surface area contributed by atoms with Crippen LogP contribution in [0.2, 0.25) is 0 Å². The Bertz CT molecular complexity index is 441.